The van der Waals surface area contributed by atoms with Gasteiger partial charge >= 0.3 is 11.9 Å². The van der Waals surface area contributed by atoms with Crippen LogP contribution in [0.1, 0.15) is 36.1 Å². The second-order valence-electron chi connectivity index (χ2n) is 4.38. The highest BCUT2D eigenvalue weighted by atomic mass is 32.1. The number of anilines is 1. The number of aryl methyl sites for hydroxylation is 2. The van der Waals surface area contributed by atoms with Gasteiger partial charge in [0.15, 0.2) is 5.69 Å². The number of carbonyl (C=O) groups is 3. The molecule has 9 heteroatoms. The van der Waals surface area contributed by atoms with Gasteiger partial charge in [-0.1, -0.05) is 0 Å². The first-order chi connectivity index (χ1) is 10.3. The van der Waals surface area contributed by atoms with E-state index in [-0.39, 0.29) is 16.8 Å². The summed E-state index contributed by atoms with van der Waals surface area (Å²) in [5, 5.41) is 15.7. The summed E-state index contributed by atoms with van der Waals surface area (Å²) in [6.45, 7) is 1.78. The van der Waals surface area contributed by atoms with E-state index in [9.17, 15) is 14.4 Å². The number of esters is 1. The molecule has 0 saturated carbocycles. The molecule has 2 rings (SSSR count). The predicted octanol–water partition coefficient (Wildman–Crippen LogP) is 1.53. The quantitative estimate of drug-likeness (QED) is 0.826. The fourth-order valence-corrected chi connectivity index (χ4v) is 2.79. The van der Waals surface area contributed by atoms with E-state index in [0.717, 1.165) is 15.8 Å². The maximum atomic E-state index is 12.3. The van der Waals surface area contributed by atoms with E-state index in [0.29, 0.717) is 5.00 Å². The van der Waals surface area contributed by atoms with Crippen molar-refractivity contribution in [1.29, 1.82) is 0 Å². The van der Waals surface area contributed by atoms with Crippen LogP contribution in [-0.4, -0.2) is 39.8 Å². The smallest absolute Gasteiger partial charge is 0.354 e. The van der Waals surface area contributed by atoms with E-state index >= 15 is 0 Å². The Balaban J connectivity index is 2.34. The summed E-state index contributed by atoms with van der Waals surface area (Å²) in [7, 11) is 2.67. The van der Waals surface area contributed by atoms with Gasteiger partial charge in [0.1, 0.15) is 5.00 Å². The number of aromatic carboxylic acids is 1. The molecule has 0 aliphatic heterocycles. The summed E-state index contributed by atoms with van der Waals surface area (Å²) in [6.07, 6.45) is 1.16. The fourth-order valence-electron chi connectivity index (χ4n) is 1.90. The molecular weight excluding hydrogens is 310 g/mol. The van der Waals surface area contributed by atoms with Gasteiger partial charge in [0.2, 0.25) is 0 Å². The van der Waals surface area contributed by atoms with Crippen molar-refractivity contribution < 1.29 is 24.2 Å². The maximum Gasteiger partial charge on any atom is 0.354 e. The number of carboxylic acids is 1. The van der Waals surface area contributed by atoms with Gasteiger partial charge in [-0.05, 0) is 13.0 Å². The van der Waals surface area contributed by atoms with Gasteiger partial charge in [-0.2, -0.15) is 5.10 Å². The van der Waals surface area contributed by atoms with E-state index in [1.54, 1.807) is 13.0 Å². The summed E-state index contributed by atoms with van der Waals surface area (Å²) < 4.78 is 5.74. The fraction of sp³-hybridized carbons (Fsp3) is 0.231. The highest BCUT2D eigenvalue weighted by Gasteiger charge is 2.24. The van der Waals surface area contributed by atoms with Crippen molar-refractivity contribution in [3.8, 4) is 0 Å². The zero-order chi connectivity index (χ0) is 16.4. The van der Waals surface area contributed by atoms with Crippen LogP contribution in [0.2, 0.25) is 0 Å². The summed E-state index contributed by atoms with van der Waals surface area (Å²) in [5.41, 5.74) is -0.0959. The normalized spacial score (nSPS) is 10.3. The largest absolute Gasteiger partial charge is 0.477 e. The minimum absolute atomic E-state index is 0.0862. The van der Waals surface area contributed by atoms with E-state index in [1.165, 1.54) is 25.5 Å². The third-order valence-corrected chi connectivity index (χ3v) is 3.84. The highest BCUT2D eigenvalue weighted by molar-refractivity contribution is 7.16. The Kier molecular flexibility index (Phi) is 4.27. The van der Waals surface area contributed by atoms with Crippen LogP contribution < -0.4 is 5.32 Å². The molecule has 2 N–H and O–H groups in total. The number of carbonyl (C=O) groups excluding carboxylic acids is 2. The average molecular weight is 323 g/mol. The number of carboxylic acid groups (broad SMARTS) is 1. The van der Waals surface area contributed by atoms with Gasteiger partial charge in [0.25, 0.3) is 5.91 Å². The lowest BCUT2D eigenvalue weighted by atomic mass is 10.2. The average Bonchev–Trinajstić information content (AvgIpc) is 3.01. The topological polar surface area (TPSA) is 111 Å². The van der Waals surface area contributed by atoms with E-state index < -0.39 is 17.8 Å². The van der Waals surface area contributed by atoms with Crippen LogP contribution in [-0.2, 0) is 11.8 Å². The van der Waals surface area contributed by atoms with Gasteiger partial charge < -0.3 is 15.2 Å². The third kappa shape index (κ3) is 2.84. The number of amides is 1. The van der Waals surface area contributed by atoms with Crippen molar-refractivity contribution >= 4 is 34.2 Å². The number of rotatable bonds is 4. The molecule has 0 aliphatic rings. The van der Waals surface area contributed by atoms with Crippen molar-refractivity contribution in [2.45, 2.75) is 6.92 Å². The molecule has 2 aromatic rings. The van der Waals surface area contributed by atoms with Crippen molar-refractivity contribution in [3.63, 3.8) is 0 Å². The lowest BCUT2D eigenvalue weighted by Gasteiger charge is -2.05. The molecule has 8 nitrogen and oxygen atoms in total. The number of nitrogens with zero attached hydrogens (tertiary/aromatic N) is 2. The van der Waals surface area contributed by atoms with E-state index in [2.05, 4.69) is 15.2 Å². The van der Waals surface area contributed by atoms with Gasteiger partial charge in [-0.3, -0.25) is 9.48 Å². The van der Waals surface area contributed by atoms with Crippen molar-refractivity contribution in [2.75, 3.05) is 12.4 Å². The summed E-state index contributed by atoms with van der Waals surface area (Å²) in [6, 6.07) is 1.59. The third-order valence-electron chi connectivity index (χ3n) is 2.87. The second kappa shape index (κ2) is 5.98. The molecule has 116 valence electrons. The van der Waals surface area contributed by atoms with Crippen molar-refractivity contribution in [2.24, 2.45) is 7.05 Å². The molecule has 0 unspecified atom stereocenters. The van der Waals surface area contributed by atoms with E-state index in [1.807, 2.05) is 0 Å². The number of hydrogen-bond acceptors (Lipinski definition) is 6. The standard InChI is InChI=1S/C13H13N3O5S/c1-6-4-7(13(20)21-3)11(22-6)15-10(17)8-5-14-16(2)9(8)12(18)19/h4-5H,1-3H3,(H,15,17)(H,18,19). The molecule has 0 aliphatic carbocycles. The minimum Gasteiger partial charge on any atom is -0.477 e. The molecule has 0 spiro atoms. The first kappa shape index (κ1) is 15.7. The molecule has 0 saturated heterocycles. The van der Waals surface area contributed by atoms with Crippen LogP contribution >= 0.6 is 11.3 Å². The van der Waals surface area contributed by atoms with Crippen LogP contribution in [0.4, 0.5) is 5.00 Å². The molecule has 22 heavy (non-hydrogen) atoms. The maximum absolute atomic E-state index is 12.3. The van der Waals surface area contributed by atoms with Crippen LogP contribution in [0.25, 0.3) is 0 Å². The number of aromatic nitrogens is 2. The Hall–Kier alpha value is -2.68. The lowest BCUT2D eigenvalue weighted by molar-refractivity contribution is 0.0601. The van der Waals surface area contributed by atoms with E-state index in [4.69, 9.17) is 5.11 Å². The van der Waals surface area contributed by atoms with Crippen molar-refractivity contribution in [3.05, 3.63) is 34.0 Å². The van der Waals surface area contributed by atoms with Crippen LogP contribution in [0.15, 0.2) is 12.3 Å². The number of methoxy groups -OCH3 is 1. The lowest BCUT2D eigenvalue weighted by Crippen LogP contribution is -2.17. The van der Waals surface area contributed by atoms with Crippen molar-refractivity contribution in [1.82, 2.24) is 9.78 Å². The van der Waals surface area contributed by atoms with Crippen LogP contribution in [0.5, 0.6) is 0 Å². The number of ether oxygens (including phenoxy) is 1. The van der Waals surface area contributed by atoms with Crippen LogP contribution in [0.3, 0.4) is 0 Å². The van der Waals surface area contributed by atoms with Gasteiger partial charge in [0, 0.05) is 11.9 Å². The molecular formula is C13H13N3O5S. The molecule has 2 aromatic heterocycles. The van der Waals surface area contributed by atoms with Gasteiger partial charge in [-0.25, -0.2) is 9.59 Å². The number of hydrogen-bond donors (Lipinski definition) is 2. The monoisotopic (exact) mass is 323 g/mol. The predicted molar refractivity (Wildman–Crippen MR) is 78.5 cm³/mol. The molecule has 0 atom stereocenters. The summed E-state index contributed by atoms with van der Waals surface area (Å²) >= 11 is 1.19. The molecule has 0 fully saturated rings. The Bertz CT molecular complexity index is 762. The van der Waals surface area contributed by atoms with Crippen LogP contribution in [0, 0.1) is 6.92 Å². The SMILES string of the molecule is COC(=O)c1cc(C)sc1NC(=O)c1cnn(C)c1C(=O)O. The zero-order valence-corrected chi connectivity index (χ0v) is 12.9. The second-order valence-corrected chi connectivity index (χ2v) is 5.64. The Morgan fingerprint density at radius 2 is 2.05 bits per heavy atom. The molecule has 0 radical (unpaired) electrons. The Morgan fingerprint density at radius 3 is 2.64 bits per heavy atom. The summed E-state index contributed by atoms with van der Waals surface area (Å²) in [4.78, 5) is 35.9. The first-order valence-electron chi connectivity index (χ1n) is 6.10. The molecule has 0 bridgehead atoms. The highest BCUT2D eigenvalue weighted by Crippen LogP contribution is 2.28. The summed E-state index contributed by atoms with van der Waals surface area (Å²) in [5.74, 6) is -2.50. The Morgan fingerprint density at radius 1 is 1.36 bits per heavy atom. The molecule has 2 heterocycles. The van der Waals surface area contributed by atoms with Gasteiger partial charge in [-0.15, -0.1) is 11.3 Å². The first-order valence-corrected chi connectivity index (χ1v) is 6.92. The number of thiophene rings is 1. The molecule has 1 amide bonds. The van der Waals surface area contributed by atoms with Gasteiger partial charge in [0.05, 0.1) is 24.4 Å². The molecule has 0 aromatic carbocycles. The zero-order valence-electron chi connectivity index (χ0n) is 12.0. The minimum atomic E-state index is -1.26. The number of nitrogens with one attached hydrogen (secondary N) is 1. The Labute approximate surface area is 129 Å².